The van der Waals surface area contributed by atoms with E-state index < -0.39 is 17.2 Å². The highest BCUT2D eigenvalue weighted by Gasteiger charge is 2.31. The summed E-state index contributed by atoms with van der Waals surface area (Å²) in [5.41, 5.74) is -1.48. The van der Waals surface area contributed by atoms with E-state index in [2.05, 4.69) is 25.7 Å². The van der Waals surface area contributed by atoms with E-state index in [1.807, 2.05) is 35.9 Å². The molecular weight excluding hydrogens is 460 g/mol. The van der Waals surface area contributed by atoms with Gasteiger partial charge in [0.15, 0.2) is 34.4 Å². The van der Waals surface area contributed by atoms with Gasteiger partial charge in [-0.25, -0.2) is 4.79 Å². The molecule has 0 bridgehead atoms. The van der Waals surface area contributed by atoms with Crippen LogP contribution in [0.4, 0.5) is 4.79 Å². The summed E-state index contributed by atoms with van der Waals surface area (Å²) >= 11 is 1.40. The van der Waals surface area contributed by atoms with Crippen LogP contribution >= 0.6 is 11.8 Å². The Hall–Kier alpha value is -3.28. The van der Waals surface area contributed by atoms with E-state index in [1.165, 1.54) is 11.8 Å². The maximum atomic E-state index is 12.1. The molecule has 0 aliphatic carbocycles. The standard InChI is InChI=1S/C22H28N6O5S/c1-21(2,3)32-20(29)24-22(4,5)18-23-16(33-27-18)12-34-19-26-25-17(28(19)6)15-11-30-13-9-7-8-10-14(13)31-15/h7-10,15H,11-12H2,1-6H3,(H,24,29). The van der Waals surface area contributed by atoms with Gasteiger partial charge in [-0.3, -0.25) is 0 Å². The van der Waals surface area contributed by atoms with E-state index in [0.29, 0.717) is 46.6 Å². The highest BCUT2D eigenvalue weighted by atomic mass is 32.2. The lowest BCUT2D eigenvalue weighted by molar-refractivity contribution is 0.0465. The Balaban J connectivity index is 1.37. The van der Waals surface area contributed by atoms with Crippen molar-refractivity contribution in [2.45, 2.75) is 62.8 Å². The van der Waals surface area contributed by atoms with Crippen LogP contribution in [0.25, 0.3) is 0 Å². The monoisotopic (exact) mass is 488 g/mol. The van der Waals surface area contributed by atoms with Crippen molar-refractivity contribution in [2.24, 2.45) is 7.05 Å². The van der Waals surface area contributed by atoms with E-state index in [9.17, 15) is 4.79 Å². The van der Waals surface area contributed by atoms with Crippen molar-refractivity contribution < 1.29 is 23.5 Å². The zero-order valence-corrected chi connectivity index (χ0v) is 20.8. The molecule has 12 heteroatoms. The minimum Gasteiger partial charge on any atom is -0.485 e. The third-order valence-electron chi connectivity index (χ3n) is 4.83. The molecule has 11 nitrogen and oxygen atoms in total. The smallest absolute Gasteiger partial charge is 0.408 e. The summed E-state index contributed by atoms with van der Waals surface area (Å²) < 4.78 is 24.4. The number of hydrogen-bond acceptors (Lipinski definition) is 10. The Kier molecular flexibility index (Phi) is 6.43. The highest BCUT2D eigenvalue weighted by Crippen LogP contribution is 2.36. The number of para-hydroxylation sites is 2. The molecular formula is C22H28N6O5S. The molecule has 0 saturated carbocycles. The lowest BCUT2D eigenvalue weighted by Crippen LogP contribution is -2.44. The largest absolute Gasteiger partial charge is 0.485 e. The van der Waals surface area contributed by atoms with Crippen molar-refractivity contribution in [3.8, 4) is 11.5 Å². The van der Waals surface area contributed by atoms with Gasteiger partial charge in [0.25, 0.3) is 0 Å². The Morgan fingerprint density at radius 1 is 1.21 bits per heavy atom. The number of aromatic nitrogens is 5. The first kappa shape index (κ1) is 23.9. The van der Waals surface area contributed by atoms with Crippen LogP contribution in [-0.4, -0.2) is 43.2 Å². The Bertz CT molecular complexity index is 1170. The van der Waals surface area contributed by atoms with Crippen molar-refractivity contribution in [3.63, 3.8) is 0 Å². The first-order valence-electron chi connectivity index (χ1n) is 10.8. The number of hydrogen-bond donors (Lipinski definition) is 1. The van der Waals surface area contributed by atoms with E-state index >= 15 is 0 Å². The molecule has 1 atom stereocenters. The molecule has 1 amide bonds. The van der Waals surface area contributed by atoms with Crippen LogP contribution in [-0.2, 0) is 23.1 Å². The maximum Gasteiger partial charge on any atom is 0.408 e. The number of carbonyl (C=O) groups is 1. The zero-order chi connectivity index (χ0) is 24.5. The van der Waals surface area contributed by atoms with Gasteiger partial charge in [0, 0.05) is 7.05 Å². The van der Waals surface area contributed by atoms with Crippen LogP contribution in [0.15, 0.2) is 33.9 Å². The first-order chi connectivity index (χ1) is 16.0. The van der Waals surface area contributed by atoms with E-state index in [0.717, 1.165) is 0 Å². The fraction of sp³-hybridized carbons (Fsp3) is 0.500. The Morgan fingerprint density at radius 3 is 2.68 bits per heavy atom. The number of nitrogens with one attached hydrogen (secondary N) is 1. The third kappa shape index (κ3) is 5.44. The number of alkyl carbamates (subject to hydrolysis) is 1. The third-order valence-corrected chi connectivity index (χ3v) is 5.84. The number of carbonyl (C=O) groups excluding carboxylic acids is 1. The number of ether oxygens (including phenoxy) is 3. The fourth-order valence-corrected chi connectivity index (χ4v) is 3.94. The summed E-state index contributed by atoms with van der Waals surface area (Å²) in [6.45, 7) is 9.30. The molecule has 0 radical (unpaired) electrons. The fourth-order valence-electron chi connectivity index (χ4n) is 3.19. The second-order valence-corrected chi connectivity index (χ2v) is 10.3. The van der Waals surface area contributed by atoms with Gasteiger partial charge < -0.3 is 28.6 Å². The zero-order valence-electron chi connectivity index (χ0n) is 20.0. The molecule has 3 aromatic rings. The number of thioether (sulfide) groups is 1. The summed E-state index contributed by atoms with van der Waals surface area (Å²) in [7, 11) is 1.87. The van der Waals surface area contributed by atoms with Crippen molar-refractivity contribution >= 4 is 17.9 Å². The first-order valence-corrected chi connectivity index (χ1v) is 11.8. The molecule has 1 N–H and O–H groups in total. The van der Waals surface area contributed by atoms with Crippen LogP contribution < -0.4 is 14.8 Å². The molecule has 4 rings (SSSR count). The van der Waals surface area contributed by atoms with Gasteiger partial charge in [-0.15, -0.1) is 10.2 Å². The quantitative estimate of drug-likeness (QED) is 0.512. The molecule has 2 aromatic heterocycles. The number of rotatable bonds is 6. The predicted molar refractivity (Wildman–Crippen MR) is 123 cm³/mol. The van der Waals surface area contributed by atoms with Crippen LogP contribution in [0, 0.1) is 0 Å². The average Bonchev–Trinajstić information content (AvgIpc) is 3.37. The van der Waals surface area contributed by atoms with Crippen molar-refractivity contribution in [2.75, 3.05) is 6.61 Å². The maximum absolute atomic E-state index is 12.1. The van der Waals surface area contributed by atoms with Crippen molar-refractivity contribution in [1.82, 2.24) is 30.2 Å². The molecule has 182 valence electrons. The Morgan fingerprint density at radius 2 is 1.94 bits per heavy atom. The molecule has 0 spiro atoms. The SMILES string of the molecule is Cn1c(SCc2nc(C(C)(C)NC(=O)OC(C)(C)C)no2)nnc1C1COc2ccccc2O1. The predicted octanol–water partition coefficient (Wildman–Crippen LogP) is 3.76. The van der Waals surface area contributed by atoms with E-state index in [-0.39, 0.29) is 6.10 Å². The van der Waals surface area contributed by atoms with Crippen LogP contribution in [0.2, 0.25) is 0 Å². The molecule has 1 aromatic carbocycles. The molecule has 1 aliphatic rings. The van der Waals surface area contributed by atoms with E-state index in [4.69, 9.17) is 18.7 Å². The van der Waals surface area contributed by atoms with Crippen LogP contribution in [0.5, 0.6) is 11.5 Å². The molecule has 0 saturated heterocycles. The summed E-state index contributed by atoms with van der Waals surface area (Å²) in [4.78, 5) is 16.6. The lowest BCUT2D eigenvalue weighted by Gasteiger charge is -2.26. The minimum absolute atomic E-state index is 0.346. The summed E-state index contributed by atoms with van der Waals surface area (Å²) in [5, 5.41) is 16.0. The topological polar surface area (TPSA) is 126 Å². The number of fused-ring (bicyclic) bond motifs is 1. The summed E-state index contributed by atoms with van der Waals surface area (Å²) in [5.74, 6) is 3.18. The normalized spacial score (nSPS) is 15.8. The molecule has 1 aliphatic heterocycles. The molecule has 1 unspecified atom stereocenters. The molecule has 0 fully saturated rings. The second kappa shape index (κ2) is 9.16. The van der Waals surface area contributed by atoms with Gasteiger partial charge in [-0.05, 0) is 46.8 Å². The minimum atomic E-state index is -0.874. The highest BCUT2D eigenvalue weighted by molar-refractivity contribution is 7.98. The van der Waals surface area contributed by atoms with E-state index in [1.54, 1.807) is 34.6 Å². The van der Waals surface area contributed by atoms with Gasteiger partial charge in [-0.2, -0.15) is 4.98 Å². The van der Waals surface area contributed by atoms with Gasteiger partial charge in [0.1, 0.15) is 17.7 Å². The van der Waals surface area contributed by atoms with Crippen LogP contribution in [0.1, 0.15) is 58.3 Å². The van der Waals surface area contributed by atoms with Crippen molar-refractivity contribution in [3.05, 3.63) is 41.8 Å². The van der Waals surface area contributed by atoms with Crippen LogP contribution in [0.3, 0.4) is 0 Å². The number of amides is 1. The summed E-state index contributed by atoms with van der Waals surface area (Å²) in [6, 6.07) is 7.52. The second-order valence-electron chi connectivity index (χ2n) is 9.32. The molecule has 34 heavy (non-hydrogen) atoms. The van der Waals surface area contributed by atoms with Gasteiger partial charge in [-0.1, -0.05) is 29.1 Å². The van der Waals surface area contributed by atoms with Crippen molar-refractivity contribution in [1.29, 1.82) is 0 Å². The number of nitrogens with zero attached hydrogens (tertiary/aromatic N) is 5. The lowest BCUT2D eigenvalue weighted by atomic mass is 10.1. The Labute approximate surface area is 201 Å². The van der Waals surface area contributed by atoms with Gasteiger partial charge >= 0.3 is 6.09 Å². The average molecular weight is 489 g/mol. The molecule has 3 heterocycles. The summed E-state index contributed by atoms with van der Waals surface area (Å²) in [6.07, 6.45) is -0.919. The van der Waals surface area contributed by atoms with Gasteiger partial charge in [0.05, 0.1) is 5.75 Å². The van der Waals surface area contributed by atoms with Gasteiger partial charge in [0.2, 0.25) is 5.89 Å². The number of benzene rings is 1.